The number of nitrogens with zero attached hydrogens (tertiary/aromatic N) is 2. The van der Waals surface area contributed by atoms with Gasteiger partial charge >= 0.3 is 0 Å². The molecule has 0 saturated heterocycles. The minimum atomic E-state index is 1.07. The zero-order chi connectivity index (χ0) is 12.7. The Morgan fingerprint density at radius 2 is 1.65 bits per heavy atom. The third-order valence-electron chi connectivity index (χ3n) is 4.23. The molecule has 1 aromatic heterocycles. The molecule has 0 aromatic carbocycles. The Balaban J connectivity index is 2.71. The number of hydrogen-bond donors (Lipinski definition) is 0. The number of quaternary nitrogens is 1. The van der Waals surface area contributed by atoms with Crippen LogP contribution in [0.1, 0.15) is 33.4 Å². The van der Waals surface area contributed by atoms with Gasteiger partial charge in [0.2, 0.25) is 0 Å². The van der Waals surface area contributed by atoms with Gasteiger partial charge < -0.3 is 4.48 Å². The molecule has 0 aliphatic rings. The maximum absolute atomic E-state index is 2.36. The predicted molar refractivity (Wildman–Crippen MR) is 72.8 cm³/mol. The Bertz CT molecular complexity index is 321. The summed E-state index contributed by atoms with van der Waals surface area (Å²) in [6.07, 6.45) is 3.37. The average Bonchev–Trinajstić information content (AvgIpc) is 2.41. The number of likely N-dealkylation sites (N-methyl/N-ethyl adjacent to an activating group) is 1. The van der Waals surface area contributed by atoms with Crippen molar-refractivity contribution in [2.45, 2.75) is 40.7 Å². The van der Waals surface area contributed by atoms with Crippen LogP contribution in [-0.4, -0.2) is 30.7 Å². The lowest BCUT2D eigenvalue weighted by molar-refractivity contribution is -0.923. The molecule has 0 aliphatic carbocycles. The first-order valence-corrected chi connectivity index (χ1v) is 7.03. The number of aromatic nitrogens is 1. The molecule has 1 rings (SSSR count). The smallest absolute Gasteiger partial charge is 0.186 e. The summed E-state index contributed by atoms with van der Waals surface area (Å²) < 4.78 is 3.59. The minimum Gasteiger partial charge on any atom is -0.324 e. The summed E-state index contributed by atoms with van der Waals surface area (Å²) >= 11 is 0. The molecule has 1 heterocycles. The van der Waals surface area contributed by atoms with Gasteiger partial charge in [-0.1, -0.05) is 6.07 Å². The third-order valence-corrected chi connectivity index (χ3v) is 4.23. The topological polar surface area (TPSA) is 3.88 Å². The second-order valence-electron chi connectivity index (χ2n) is 4.74. The van der Waals surface area contributed by atoms with Crippen LogP contribution in [0.2, 0.25) is 0 Å². The van der Waals surface area contributed by atoms with E-state index in [0.717, 1.165) is 6.54 Å². The molecule has 0 saturated carbocycles. The Kier molecular flexibility index (Phi) is 5.63. The molecule has 17 heavy (non-hydrogen) atoms. The van der Waals surface area contributed by atoms with Gasteiger partial charge in [0.1, 0.15) is 6.54 Å². The van der Waals surface area contributed by atoms with Gasteiger partial charge in [-0.2, -0.15) is 0 Å². The number of rotatable bonds is 7. The van der Waals surface area contributed by atoms with Crippen LogP contribution in [-0.2, 0) is 13.0 Å². The fourth-order valence-electron chi connectivity index (χ4n) is 2.54. The summed E-state index contributed by atoms with van der Waals surface area (Å²) in [5.74, 6) is 0. The van der Waals surface area contributed by atoms with Crippen molar-refractivity contribution in [1.29, 1.82) is 0 Å². The lowest BCUT2D eigenvalue weighted by Crippen LogP contribution is -2.50. The minimum absolute atomic E-state index is 1.07. The van der Waals surface area contributed by atoms with E-state index in [4.69, 9.17) is 0 Å². The van der Waals surface area contributed by atoms with E-state index in [9.17, 15) is 0 Å². The summed E-state index contributed by atoms with van der Waals surface area (Å²) in [5.41, 5.74) is 1.47. The quantitative estimate of drug-likeness (QED) is 0.506. The normalized spacial score (nSPS) is 11.8. The molecule has 2 heteroatoms. The van der Waals surface area contributed by atoms with Crippen molar-refractivity contribution >= 4 is 0 Å². The van der Waals surface area contributed by atoms with Crippen LogP contribution < -0.4 is 4.57 Å². The Morgan fingerprint density at radius 1 is 1.00 bits per heavy atom. The monoisotopic (exact) mass is 236 g/mol. The largest absolute Gasteiger partial charge is 0.324 e. The van der Waals surface area contributed by atoms with Gasteiger partial charge in [-0.05, 0) is 27.7 Å². The summed E-state index contributed by atoms with van der Waals surface area (Å²) in [6.45, 7) is 15.2. The van der Waals surface area contributed by atoms with Crippen molar-refractivity contribution in [3.05, 3.63) is 30.1 Å². The fraction of sp³-hybridized carbons (Fsp3) is 0.667. The van der Waals surface area contributed by atoms with Gasteiger partial charge in [0.05, 0.1) is 32.6 Å². The predicted octanol–water partition coefficient (Wildman–Crippen LogP) is 2.41. The van der Waals surface area contributed by atoms with E-state index in [2.05, 4.69) is 56.7 Å². The van der Waals surface area contributed by atoms with E-state index in [1.165, 1.54) is 42.8 Å². The molecule has 0 bridgehead atoms. The Hall–Kier alpha value is -0.890. The Morgan fingerprint density at radius 3 is 2.18 bits per heavy atom. The van der Waals surface area contributed by atoms with Gasteiger partial charge in [-0.15, -0.1) is 0 Å². The molecular weight excluding hydrogens is 208 g/mol. The highest BCUT2D eigenvalue weighted by Gasteiger charge is 2.22. The highest BCUT2D eigenvalue weighted by Crippen LogP contribution is 2.08. The van der Waals surface area contributed by atoms with E-state index in [1.807, 2.05) is 0 Å². The molecule has 96 valence electrons. The molecule has 0 N–H and O–H groups in total. The number of pyridine rings is 1. The summed E-state index contributed by atoms with van der Waals surface area (Å²) in [7, 11) is 0. The second-order valence-corrected chi connectivity index (χ2v) is 4.74. The molecule has 2 nitrogen and oxygen atoms in total. The molecule has 1 aromatic rings. The van der Waals surface area contributed by atoms with E-state index in [1.54, 1.807) is 0 Å². The lowest BCUT2D eigenvalue weighted by Gasteiger charge is -2.35. The first-order chi connectivity index (χ1) is 8.21. The van der Waals surface area contributed by atoms with Crippen molar-refractivity contribution in [3.63, 3.8) is 0 Å². The van der Waals surface area contributed by atoms with Gasteiger partial charge in [0, 0.05) is 12.1 Å². The highest BCUT2D eigenvalue weighted by molar-refractivity contribution is 4.97. The molecule has 0 aliphatic heterocycles. The molecule has 0 atom stereocenters. The zero-order valence-electron chi connectivity index (χ0n) is 11.9. The first-order valence-electron chi connectivity index (χ1n) is 7.03. The molecule has 0 unspecified atom stereocenters. The van der Waals surface area contributed by atoms with Gasteiger partial charge in [0.25, 0.3) is 0 Å². The van der Waals surface area contributed by atoms with Crippen LogP contribution in [0.25, 0.3) is 0 Å². The SMILES string of the molecule is CC[n+]1ccccc1CC[N+](CC)(CC)CC. The third kappa shape index (κ3) is 3.53. The zero-order valence-corrected chi connectivity index (χ0v) is 11.9. The molecule has 0 radical (unpaired) electrons. The van der Waals surface area contributed by atoms with Crippen molar-refractivity contribution in [3.8, 4) is 0 Å². The van der Waals surface area contributed by atoms with Crippen molar-refractivity contribution in [2.75, 3.05) is 26.2 Å². The van der Waals surface area contributed by atoms with Gasteiger partial charge in [-0.25, -0.2) is 4.57 Å². The van der Waals surface area contributed by atoms with E-state index in [0.29, 0.717) is 0 Å². The summed E-state index contributed by atoms with van der Waals surface area (Å²) in [5, 5.41) is 0. The molecule has 0 spiro atoms. The van der Waals surface area contributed by atoms with Crippen LogP contribution in [0.3, 0.4) is 0 Å². The van der Waals surface area contributed by atoms with Crippen LogP contribution in [0.5, 0.6) is 0 Å². The highest BCUT2D eigenvalue weighted by atomic mass is 15.3. The van der Waals surface area contributed by atoms with Crippen LogP contribution in [0.4, 0.5) is 0 Å². The summed E-state index contributed by atoms with van der Waals surface area (Å²) in [4.78, 5) is 0. The average molecular weight is 236 g/mol. The number of hydrogen-bond acceptors (Lipinski definition) is 0. The maximum Gasteiger partial charge on any atom is 0.186 e. The molecule has 0 fully saturated rings. The van der Waals surface area contributed by atoms with Crippen LogP contribution in [0.15, 0.2) is 24.4 Å². The second kappa shape index (κ2) is 6.75. The maximum atomic E-state index is 2.36. The number of aryl methyl sites for hydroxylation is 1. The van der Waals surface area contributed by atoms with Gasteiger partial charge in [0.15, 0.2) is 11.9 Å². The van der Waals surface area contributed by atoms with Crippen molar-refractivity contribution in [2.24, 2.45) is 0 Å². The van der Waals surface area contributed by atoms with Crippen LogP contribution in [0, 0.1) is 0 Å². The molecular formula is C15H28N2+2. The van der Waals surface area contributed by atoms with Crippen molar-refractivity contribution < 1.29 is 9.05 Å². The summed E-state index contributed by atoms with van der Waals surface area (Å²) in [6, 6.07) is 6.54. The molecule has 0 amide bonds. The van der Waals surface area contributed by atoms with Crippen LogP contribution >= 0.6 is 0 Å². The van der Waals surface area contributed by atoms with E-state index in [-0.39, 0.29) is 0 Å². The van der Waals surface area contributed by atoms with Gasteiger partial charge in [-0.3, -0.25) is 0 Å². The standard InChI is InChI=1S/C15H28N2/c1-5-16-13-10-9-11-15(16)12-14-17(6-2,7-3)8-4/h9-11,13H,5-8,12,14H2,1-4H3/q+2. The lowest BCUT2D eigenvalue weighted by atomic mass is 10.2. The Labute approximate surface area is 106 Å². The van der Waals surface area contributed by atoms with Crippen molar-refractivity contribution in [1.82, 2.24) is 0 Å². The van der Waals surface area contributed by atoms with E-state index < -0.39 is 0 Å². The van der Waals surface area contributed by atoms with E-state index >= 15 is 0 Å². The fourth-order valence-corrected chi connectivity index (χ4v) is 2.54. The first kappa shape index (κ1) is 14.2.